The van der Waals surface area contributed by atoms with E-state index in [1.165, 1.54) is 8.61 Å². The summed E-state index contributed by atoms with van der Waals surface area (Å²) in [5, 5.41) is 2.72. The van der Waals surface area contributed by atoms with Gasteiger partial charge in [0.1, 0.15) is 0 Å². The van der Waals surface area contributed by atoms with Crippen LogP contribution < -0.4 is 5.32 Å². The molecule has 0 aromatic rings. The highest BCUT2D eigenvalue weighted by atomic mass is 32.2. The van der Waals surface area contributed by atoms with Crippen LogP contribution in [0.5, 0.6) is 0 Å². The van der Waals surface area contributed by atoms with Crippen molar-refractivity contribution in [1.29, 1.82) is 0 Å². The van der Waals surface area contributed by atoms with Crippen molar-refractivity contribution in [1.82, 2.24) is 13.9 Å². The summed E-state index contributed by atoms with van der Waals surface area (Å²) in [4.78, 5) is 11.7. The highest BCUT2D eigenvalue weighted by Gasteiger charge is 2.34. The van der Waals surface area contributed by atoms with Crippen molar-refractivity contribution in [2.24, 2.45) is 5.92 Å². The van der Waals surface area contributed by atoms with Crippen molar-refractivity contribution in [3.8, 4) is 0 Å². The number of nitrogens with zero attached hydrogens (tertiary/aromatic N) is 2. The van der Waals surface area contributed by atoms with Crippen molar-refractivity contribution in [2.75, 3.05) is 26.2 Å². The van der Waals surface area contributed by atoms with Crippen molar-refractivity contribution in [3.05, 3.63) is 0 Å². The second kappa shape index (κ2) is 6.67. The highest BCUT2D eigenvalue weighted by Crippen LogP contribution is 2.20. The predicted molar refractivity (Wildman–Crippen MR) is 74.8 cm³/mol. The topological polar surface area (TPSA) is 69.7 Å². The lowest BCUT2D eigenvalue weighted by Crippen LogP contribution is -2.47. The molecule has 0 saturated carbocycles. The van der Waals surface area contributed by atoms with E-state index in [-0.39, 0.29) is 18.5 Å². The molecule has 1 heterocycles. The summed E-state index contributed by atoms with van der Waals surface area (Å²) >= 11 is 0. The second-order valence-electron chi connectivity index (χ2n) is 5.41. The third kappa shape index (κ3) is 4.43. The standard InChI is InChI=1S/C12H25N3O3S/c1-5-14(9-12(16)13-10(2)3)19(17,18)15-7-6-11(4)8-15/h10-11H,5-9H2,1-4H3,(H,13,16)/t11-/m0/s1. The molecule has 7 heteroatoms. The van der Waals surface area contributed by atoms with Gasteiger partial charge < -0.3 is 5.32 Å². The van der Waals surface area contributed by atoms with Crippen LogP contribution in [0.2, 0.25) is 0 Å². The van der Waals surface area contributed by atoms with Gasteiger partial charge in [0.05, 0.1) is 6.54 Å². The Morgan fingerprint density at radius 2 is 2.11 bits per heavy atom. The van der Waals surface area contributed by atoms with Gasteiger partial charge in [-0.1, -0.05) is 13.8 Å². The third-order valence-corrected chi connectivity index (χ3v) is 5.19. The van der Waals surface area contributed by atoms with Crippen LogP contribution in [0.1, 0.15) is 34.1 Å². The number of amides is 1. The Balaban J connectivity index is 2.70. The minimum Gasteiger partial charge on any atom is -0.353 e. The Hall–Kier alpha value is -0.660. The smallest absolute Gasteiger partial charge is 0.282 e. The fourth-order valence-electron chi connectivity index (χ4n) is 2.15. The number of hydrogen-bond acceptors (Lipinski definition) is 3. The maximum atomic E-state index is 12.4. The van der Waals surface area contributed by atoms with Gasteiger partial charge in [-0.15, -0.1) is 0 Å². The molecule has 0 aliphatic carbocycles. The normalized spacial score (nSPS) is 21.3. The average Bonchev–Trinajstić information content (AvgIpc) is 2.72. The summed E-state index contributed by atoms with van der Waals surface area (Å²) in [6.45, 7) is 8.78. The molecule has 1 atom stereocenters. The summed E-state index contributed by atoms with van der Waals surface area (Å²) < 4.78 is 27.5. The molecule has 1 aliphatic heterocycles. The lowest BCUT2D eigenvalue weighted by Gasteiger charge is -2.26. The molecule has 112 valence electrons. The molecule has 6 nitrogen and oxygen atoms in total. The van der Waals surface area contributed by atoms with E-state index in [1.807, 2.05) is 20.8 Å². The Morgan fingerprint density at radius 1 is 1.47 bits per heavy atom. The van der Waals surface area contributed by atoms with Crippen LogP contribution in [0.4, 0.5) is 0 Å². The van der Waals surface area contributed by atoms with E-state index in [0.717, 1.165) is 6.42 Å². The first kappa shape index (κ1) is 16.4. The summed E-state index contributed by atoms with van der Waals surface area (Å²) in [5.74, 6) is 0.130. The van der Waals surface area contributed by atoms with Crippen LogP contribution in [-0.2, 0) is 15.0 Å². The largest absolute Gasteiger partial charge is 0.353 e. The van der Waals surface area contributed by atoms with Gasteiger partial charge in [-0.25, -0.2) is 0 Å². The third-order valence-electron chi connectivity index (χ3n) is 3.16. The minimum absolute atomic E-state index is 0.0146. The number of carbonyl (C=O) groups is 1. The summed E-state index contributed by atoms with van der Waals surface area (Å²) in [7, 11) is -3.51. The molecule has 0 bridgehead atoms. The molecule has 1 saturated heterocycles. The van der Waals surface area contributed by atoms with E-state index in [0.29, 0.717) is 25.6 Å². The van der Waals surface area contributed by atoms with E-state index in [1.54, 1.807) is 6.92 Å². The Morgan fingerprint density at radius 3 is 2.53 bits per heavy atom. The van der Waals surface area contributed by atoms with Gasteiger partial charge in [0.25, 0.3) is 10.2 Å². The molecule has 0 unspecified atom stereocenters. The first-order valence-electron chi connectivity index (χ1n) is 6.82. The fraction of sp³-hybridized carbons (Fsp3) is 0.917. The number of carbonyl (C=O) groups excluding carboxylic acids is 1. The monoisotopic (exact) mass is 291 g/mol. The van der Waals surface area contributed by atoms with Gasteiger partial charge in [0.15, 0.2) is 0 Å². The lowest BCUT2D eigenvalue weighted by molar-refractivity contribution is -0.121. The zero-order chi connectivity index (χ0) is 14.6. The number of hydrogen-bond donors (Lipinski definition) is 1. The summed E-state index contributed by atoms with van der Waals surface area (Å²) in [5.41, 5.74) is 0. The van der Waals surface area contributed by atoms with E-state index in [9.17, 15) is 13.2 Å². The van der Waals surface area contributed by atoms with E-state index < -0.39 is 10.2 Å². The van der Waals surface area contributed by atoms with Crippen LogP contribution in [0, 0.1) is 5.92 Å². The number of rotatable bonds is 6. The SMILES string of the molecule is CCN(CC(=O)NC(C)C)S(=O)(=O)N1CC[C@H](C)C1. The number of nitrogens with one attached hydrogen (secondary N) is 1. The summed E-state index contributed by atoms with van der Waals surface area (Å²) in [6.07, 6.45) is 0.884. The van der Waals surface area contributed by atoms with E-state index in [4.69, 9.17) is 0 Å². The molecule has 1 aliphatic rings. The minimum atomic E-state index is -3.51. The lowest BCUT2D eigenvalue weighted by atomic mass is 10.2. The Bertz CT molecular complexity index is 408. The maximum Gasteiger partial charge on any atom is 0.282 e. The van der Waals surface area contributed by atoms with Crippen molar-refractivity contribution >= 4 is 16.1 Å². The fourth-order valence-corrected chi connectivity index (χ4v) is 3.86. The Kier molecular flexibility index (Phi) is 5.76. The van der Waals surface area contributed by atoms with Gasteiger partial charge in [-0.3, -0.25) is 4.79 Å². The second-order valence-corrected chi connectivity index (χ2v) is 7.34. The van der Waals surface area contributed by atoms with Gasteiger partial charge in [-0.05, 0) is 26.2 Å². The van der Waals surface area contributed by atoms with Crippen LogP contribution in [0.25, 0.3) is 0 Å². The maximum absolute atomic E-state index is 12.4. The van der Waals surface area contributed by atoms with Gasteiger partial charge in [0, 0.05) is 25.7 Å². The van der Waals surface area contributed by atoms with Crippen LogP contribution in [0.3, 0.4) is 0 Å². The molecule has 0 aromatic carbocycles. The first-order chi connectivity index (χ1) is 8.77. The van der Waals surface area contributed by atoms with E-state index in [2.05, 4.69) is 5.32 Å². The zero-order valence-corrected chi connectivity index (χ0v) is 13.0. The molecular formula is C12H25N3O3S. The zero-order valence-electron chi connectivity index (χ0n) is 12.2. The number of likely N-dealkylation sites (N-methyl/N-ethyl adjacent to an activating group) is 1. The molecule has 1 amide bonds. The molecule has 0 radical (unpaired) electrons. The first-order valence-corrected chi connectivity index (χ1v) is 8.21. The molecule has 0 aromatic heterocycles. The molecule has 1 rings (SSSR count). The molecule has 1 fully saturated rings. The van der Waals surface area contributed by atoms with Gasteiger partial charge >= 0.3 is 0 Å². The van der Waals surface area contributed by atoms with Crippen molar-refractivity contribution in [3.63, 3.8) is 0 Å². The highest BCUT2D eigenvalue weighted by molar-refractivity contribution is 7.86. The Labute approximate surface area is 116 Å². The molecule has 19 heavy (non-hydrogen) atoms. The van der Waals surface area contributed by atoms with Gasteiger partial charge in [-0.2, -0.15) is 17.0 Å². The molecule has 1 N–H and O–H groups in total. The quantitative estimate of drug-likeness (QED) is 0.771. The van der Waals surface area contributed by atoms with Crippen molar-refractivity contribution in [2.45, 2.75) is 40.2 Å². The van der Waals surface area contributed by atoms with Gasteiger partial charge in [0.2, 0.25) is 5.91 Å². The summed E-state index contributed by atoms with van der Waals surface area (Å²) in [6, 6.07) is 0.0146. The van der Waals surface area contributed by atoms with E-state index >= 15 is 0 Å². The van der Waals surface area contributed by atoms with Crippen molar-refractivity contribution < 1.29 is 13.2 Å². The average molecular weight is 291 g/mol. The predicted octanol–water partition coefficient (Wildman–Crippen LogP) is 0.420. The van der Waals surface area contributed by atoms with Crippen LogP contribution in [0.15, 0.2) is 0 Å². The molecular weight excluding hydrogens is 266 g/mol. The molecule has 0 spiro atoms. The van der Waals surface area contributed by atoms with Crippen LogP contribution >= 0.6 is 0 Å². The van der Waals surface area contributed by atoms with Crippen LogP contribution in [-0.4, -0.2) is 55.2 Å².